The van der Waals surface area contributed by atoms with E-state index in [0.29, 0.717) is 16.9 Å². The highest BCUT2D eigenvalue weighted by atomic mass is 32.2. The molecule has 0 aromatic carbocycles. The summed E-state index contributed by atoms with van der Waals surface area (Å²) < 4.78 is 7.29. The number of anilines is 1. The number of nitrogen functional groups attached to an aromatic ring is 1. The Bertz CT molecular complexity index is 621. The molecule has 3 heterocycles. The molecule has 4 atom stereocenters. The van der Waals surface area contributed by atoms with Crippen LogP contribution in [0.4, 0.5) is 5.82 Å². The number of aliphatic hydroxyl groups excluding tert-OH is 2. The minimum atomic E-state index is -1.04. The van der Waals surface area contributed by atoms with Crippen molar-refractivity contribution in [3.63, 3.8) is 0 Å². The number of thioether (sulfide) groups is 1. The molecule has 3 rings (SSSR count). The standard InChI is InChI=1S/C11H15N5O3S/c1-20-2-5-7(17)8(18)11(19-5)16-4-15-6-9(12)13-3-14-10(6)16/h3-5,7-8,11,17-18H,2H2,1H3,(H2,12,13,14)/t5-,7+,8-,11-/m0/s1. The number of hydrogen-bond acceptors (Lipinski definition) is 8. The van der Waals surface area contributed by atoms with Crippen molar-refractivity contribution in [3.8, 4) is 0 Å². The molecule has 108 valence electrons. The van der Waals surface area contributed by atoms with Crippen LogP contribution in [0.25, 0.3) is 11.2 Å². The monoisotopic (exact) mass is 297 g/mol. The summed E-state index contributed by atoms with van der Waals surface area (Å²) in [6.07, 6.45) is 1.58. The van der Waals surface area contributed by atoms with E-state index in [-0.39, 0.29) is 5.82 Å². The highest BCUT2D eigenvalue weighted by Gasteiger charge is 2.43. The van der Waals surface area contributed by atoms with E-state index >= 15 is 0 Å². The molecule has 0 unspecified atom stereocenters. The van der Waals surface area contributed by atoms with Crippen LogP contribution >= 0.6 is 11.8 Å². The summed E-state index contributed by atoms with van der Waals surface area (Å²) in [6, 6.07) is 0. The SMILES string of the molecule is CSC[C@@H]1O[C@H](n2cnc3c(N)ncnc32)[C@@H](O)[C@@H]1O. The van der Waals surface area contributed by atoms with Crippen molar-refractivity contribution in [1.29, 1.82) is 0 Å². The minimum Gasteiger partial charge on any atom is -0.387 e. The zero-order chi connectivity index (χ0) is 14.3. The number of hydrogen-bond donors (Lipinski definition) is 3. The van der Waals surface area contributed by atoms with E-state index in [1.165, 1.54) is 12.7 Å². The Labute approximate surface area is 119 Å². The van der Waals surface area contributed by atoms with Gasteiger partial charge in [0, 0.05) is 5.75 Å². The van der Waals surface area contributed by atoms with Gasteiger partial charge in [-0.3, -0.25) is 4.57 Å². The lowest BCUT2D eigenvalue weighted by molar-refractivity contribution is -0.0288. The summed E-state index contributed by atoms with van der Waals surface area (Å²) in [4.78, 5) is 12.1. The van der Waals surface area contributed by atoms with Gasteiger partial charge in [-0.15, -0.1) is 0 Å². The fourth-order valence-corrected chi connectivity index (χ4v) is 2.92. The first-order valence-corrected chi connectivity index (χ1v) is 7.46. The van der Waals surface area contributed by atoms with E-state index in [4.69, 9.17) is 10.5 Å². The summed E-state index contributed by atoms with van der Waals surface area (Å²) in [7, 11) is 0. The molecule has 0 aliphatic carbocycles. The fourth-order valence-electron chi connectivity index (χ4n) is 2.32. The first-order chi connectivity index (χ1) is 9.63. The van der Waals surface area contributed by atoms with Crippen LogP contribution in [0, 0.1) is 0 Å². The van der Waals surface area contributed by atoms with Crippen molar-refractivity contribution in [2.75, 3.05) is 17.7 Å². The molecular formula is C11H15N5O3S. The molecule has 2 aromatic heterocycles. The second-order valence-electron chi connectivity index (χ2n) is 4.58. The maximum absolute atomic E-state index is 10.1. The van der Waals surface area contributed by atoms with Crippen LogP contribution in [0.3, 0.4) is 0 Å². The normalized spacial score (nSPS) is 30.1. The maximum atomic E-state index is 10.1. The van der Waals surface area contributed by atoms with Crippen molar-refractivity contribution >= 4 is 28.7 Å². The Morgan fingerprint density at radius 3 is 2.90 bits per heavy atom. The molecule has 0 amide bonds. The van der Waals surface area contributed by atoms with Gasteiger partial charge >= 0.3 is 0 Å². The Hall–Kier alpha value is -1.42. The lowest BCUT2D eigenvalue weighted by Crippen LogP contribution is -2.32. The lowest BCUT2D eigenvalue weighted by Gasteiger charge is -2.16. The first kappa shape index (κ1) is 13.6. The van der Waals surface area contributed by atoms with Crippen molar-refractivity contribution < 1.29 is 14.9 Å². The minimum absolute atomic E-state index is 0.266. The van der Waals surface area contributed by atoms with E-state index in [2.05, 4.69) is 15.0 Å². The number of rotatable bonds is 3. The first-order valence-electron chi connectivity index (χ1n) is 6.07. The van der Waals surface area contributed by atoms with Gasteiger partial charge in [0.25, 0.3) is 0 Å². The van der Waals surface area contributed by atoms with Crippen molar-refractivity contribution in [1.82, 2.24) is 19.5 Å². The molecule has 1 fully saturated rings. The van der Waals surface area contributed by atoms with E-state index in [1.807, 2.05) is 6.26 Å². The van der Waals surface area contributed by atoms with Gasteiger partial charge < -0.3 is 20.7 Å². The third-order valence-electron chi connectivity index (χ3n) is 3.33. The number of ether oxygens (including phenoxy) is 1. The molecule has 0 radical (unpaired) electrons. The van der Waals surface area contributed by atoms with E-state index in [0.717, 1.165) is 0 Å². The predicted octanol–water partition coefficient (Wildman–Crippen LogP) is -0.609. The zero-order valence-corrected chi connectivity index (χ0v) is 11.6. The summed E-state index contributed by atoms with van der Waals surface area (Å²) in [5.74, 6) is 0.862. The molecule has 1 aliphatic rings. The molecule has 9 heteroatoms. The van der Waals surface area contributed by atoms with Crippen LogP contribution in [0.5, 0.6) is 0 Å². The van der Waals surface area contributed by atoms with Gasteiger partial charge in [-0.2, -0.15) is 11.8 Å². The van der Waals surface area contributed by atoms with Crippen molar-refractivity contribution in [2.24, 2.45) is 0 Å². The molecule has 20 heavy (non-hydrogen) atoms. The molecule has 0 bridgehead atoms. The second-order valence-corrected chi connectivity index (χ2v) is 5.50. The summed E-state index contributed by atoms with van der Waals surface area (Å²) in [6.45, 7) is 0. The van der Waals surface area contributed by atoms with Crippen LogP contribution in [0.15, 0.2) is 12.7 Å². The fraction of sp³-hybridized carbons (Fsp3) is 0.545. The number of nitrogens with two attached hydrogens (primary N) is 1. The topological polar surface area (TPSA) is 119 Å². The number of aromatic nitrogens is 4. The average molecular weight is 297 g/mol. The largest absolute Gasteiger partial charge is 0.387 e. The number of aliphatic hydroxyl groups is 2. The summed E-state index contributed by atoms with van der Waals surface area (Å²) in [5, 5.41) is 20.2. The molecule has 2 aromatic rings. The molecule has 8 nitrogen and oxygen atoms in total. The number of fused-ring (bicyclic) bond motifs is 1. The lowest BCUT2D eigenvalue weighted by atomic mass is 10.1. The third kappa shape index (κ3) is 2.03. The van der Waals surface area contributed by atoms with Crippen LogP contribution in [-0.2, 0) is 4.74 Å². The van der Waals surface area contributed by atoms with Gasteiger partial charge in [-0.1, -0.05) is 0 Å². The van der Waals surface area contributed by atoms with E-state index in [1.54, 1.807) is 16.3 Å². The Morgan fingerprint density at radius 2 is 2.15 bits per heavy atom. The molecular weight excluding hydrogens is 282 g/mol. The summed E-state index contributed by atoms with van der Waals surface area (Å²) in [5.41, 5.74) is 6.64. The summed E-state index contributed by atoms with van der Waals surface area (Å²) >= 11 is 1.54. The second kappa shape index (κ2) is 5.17. The molecule has 0 spiro atoms. The van der Waals surface area contributed by atoms with Gasteiger partial charge in [0.2, 0.25) is 0 Å². The van der Waals surface area contributed by atoms with Gasteiger partial charge in [0.15, 0.2) is 17.7 Å². The van der Waals surface area contributed by atoms with Gasteiger partial charge in [-0.25, -0.2) is 15.0 Å². The number of imidazole rings is 1. The number of nitrogens with zero attached hydrogens (tertiary/aromatic N) is 4. The van der Waals surface area contributed by atoms with Gasteiger partial charge in [0.05, 0.1) is 12.4 Å². The average Bonchev–Trinajstić information content (AvgIpc) is 2.97. The Balaban J connectivity index is 1.97. The van der Waals surface area contributed by atoms with Crippen LogP contribution in [-0.4, -0.2) is 60.1 Å². The smallest absolute Gasteiger partial charge is 0.167 e. The van der Waals surface area contributed by atoms with E-state index in [9.17, 15) is 10.2 Å². The van der Waals surface area contributed by atoms with Crippen molar-refractivity contribution in [2.45, 2.75) is 24.5 Å². The van der Waals surface area contributed by atoms with Crippen LogP contribution in [0.2, 0.25) is 0 Å². The maximum Gasteiger partial charge on any atom is 0.167 e. The Kier molecular flexibility index (Phi) is 3.50. The van der Waals surface area contributed by atoms with Gasteiger partial charge in [0.1, 0.15) is 24.1 Å². The molecule has 0 saturated carbocycles. The predicted molar refractivity (Wildman–Crippen MR) is 74.0 cm³/mol. The highest BCUT2D eigenvalue weighted by molar-refractivity contribution is 7.98. The molecule has 1 aliphatic heterocycles. The molecule has 4 N–H and O–H groups in total. The van der Waals surface area contributed by atoms with Crippen molar-refractivity contribution in [3.05, 3.63) is 12.7 Å². The Morgan fingerprint density at radius 1 is 1.35 bits per heavy atom. The van der Waals surface area contributed by atoms with Gasteiger partial charge in [-0.05, 0) is 6.26 Å². The highest BCUT2D eigenvalue weighted by Crippen LogP contribution is 2.32. The quantitative estimate of drug-likeness (QED) is 0.686. The van der Waals surface area contributed by atoms with E-state index < -0.39 is 24.5 Å². The zero-order valence-electron chi connectivity index (χ0n) is 10.7. The van der Waals surface area contributed by atoms with Crippen LogP contribution in [0.1, 0.15) is 6.23 Å². The third-order valence-corrected chi connectivity index (χ3v) is 3.99. The van der Waals surface area contributed by atoms with Crippen LogP contribution < -0.4 is 5.73 Å². The molecule has 1 saturated heterocycles.